The molecule has 0 aromatic carbocycles. The first-order chi connectivity index (χ1) is 8.20. The van der Waals surface area contributed by atoms with Gasteiger partial charge in [0.2, 0.25) is 0 Å². The Kier molecular flexibility index (Phi) is 1.91. The fourth-order valence-electron chi connectivity index (χ4n) is 1.93. The number of pyridine rings is 1. The van der Waals surface area contributed by atoms with E-state index in [0.29, 0.717) is 17.3 Å². The van der Waals surface area contributed by atoms with Crippen LogP contribution >= 0.6 is 0 Å². The number of aromatic nitrogens is 4. The Morgan fingerprint density at radius 2 is 2.06 bits per heavy atom. The van der Waals surface area contributed by atoms with Crippen LogP contribution in [0, 0.1) is 0 Å². The fourth-order valence-corrected chi connectivity index (χ4v) is 1.93. The predicted octanol–water partition coefficient (Wildman–Crippen LogP) is 1.00. The molecule has 0 aliphatic carbocycles. The number of nitrogen functional groups attached to an aromatic ring is 2. The molecule has 6 heteroatoms. The summed E-state index contributed by atoms with van der Waals surface area (Å²) in [7, 11) is 0. The van der Waals surface area contributed by atoms with Crippen LogP contribution in [0.4, 0.5) is 11.6 Å². The van der Waals surface area contributed by atoms with Gasteiger partial charge in [-0.15, -0.1) is 0 Å². The van der Waals surface area contributed by atoms with Gasteiger partial charge in [0, 0.05) is 0 Å². The van der Waals surface area contributed by atoms with Crippen molar-refractivity contribution >= 4 is 28.3 Å². The van der Waals surface area contributed by atoms with Gasteiger partial charge in [-0.2, -0.15) is 0 Å². The van der Waals surface area contributed by atoms with Gasteiger partial charge in [0.05, 0.1) is 6.20 Å². The van der Waals surface area contributed by atoms with Gasteiger partial charge in [0.25, 0.3) is 0 Å². The average Bonchev–Trinajstić information content (AvgIpc) is 2.79. The molecule has 0 saturated carbocycles. The number of hydrogen-bond donors (Lipinski definition) is 2. The quantitative estimate of drug-likeness (QED) is 0.648. The first-order valence-electron chi connectivity index (χ1n) is 5.37. The van der Waals surface area contributed by atoms with E-state index in [2.05, 4.69) is 15.0 Å². The number of aryl methyl sites for hydroxylation is 1. The maximum Gasteiger partial charge on any atom is 0.166 e. The third kappa shape index (κ3) is 1.30. The summed E-state index contributed by atoms with van der Waals surface area (Å²) in [4.78, 5) is 12.7. The zero-order valence-corrected chi connectivity index (χ0v) is 9.38. The third-order valence-electron chi connectivity index (χ3n) is 2.85. The van der Waals surface area contributed by atoms with Crippen LogP contribution in [-0.4, -0.2) is 19.4 Å². The second-order valence-electron chi connectivity index (χ2n) is 3.87. The van der Waals surface area contributed by atoms with Gasteiger partial charge < -0.3 is 11.5 Å². The number of rotatable bonds is 1. The van der Waals surface area contributed by atoms with Crippen LogP contribution in [0.5, 0.6) is 0 Å². The van der Waals surface area contributed by atoms with Crippen LogP contribution in [0.1, 0.15) is 12.5 Å². The Labute approximate surface area is 97.3 Å². The van der Waals surface area contributed by atoms with E-state index in [-0.39, 0.29) is 0 Å². The van der Waals surface area contributed by atoms with Crippen molar-refractivity contribution in [1.82, 2.24) is 19.4 Å². The van der Waals surface area contributed by atoms with Crippen LogP contribution in [0.3, 0.4) is 0 Å². The fraction of sp³-hybridized carbons (Fsp3) is 0.182. The second-order valence-corrected chi connectivity index (χ2v) is 3.87. The standard InChI is InChI=1S/C11H12N6/c1-2-6-3-7-11(16-9(6)12)17-5-14-4-8(17)10(13)15-7/h3-5H,2H2,1H3,(H2,12,16)(H2,13,15). The zero-order chi connectivity index (χ0) is 12.0. The molecular weight excluding hydrogens is 216 g/mol. The topological polar surface area (TPSA) is 95.1 Å². The number of imidazole rings is 1. The SMILES string of the molecule is CCc1cc2nc(N)c3cncn3c2nc1N. The summed E-state index contributed by atoms with van der Waals surface area (Å²) in [6.07, 6.45) is 4.14. The van der Waals surface area contributed by atoms with E-state index in [4.69, 9.17) is 11.5 Å². The number of hydrogen-bond acceptors (Lipinski definition) is 5. The van der Waals surface area contributed by atoms with E-state index in [0.717, 1.165) is 23.0 Å². The highest BCUT2D eigenvalue weighted by Gasteiger charge is 2.10. The van der Waals surface area contributed by atoms with E-state index < -0.39 is 0 Å². The van der Waals surface area contributed by atoms with Crippen LogP contribution < -0.4 is 11.5 Å². The minimum atomic E-state index is 0.448. The highest BCUT2D eigenvalue weighted by Crippen LogP contribution is 2.21. The summed E-state index contributed by atoms with van der Waals surface area (Å²) in [5.41, 5.74) is 14.9. The van der Waals surface area contributed by atoms with Crippen LogP contribution in [0.2, 0.25) is 0 Å². The Balaban J connectivity index is 2.50. The summed E-state index contributed by atoms with van der Waals surface area (Å²) in [6, 6.07) is 1.92. The van der Waals surface area contributed by atoms with Crippen molar-refractivity contribution in [3.8, 4) is 0 Å². The van der Waals surface area contributed by atoms with Crippen molar-refractivity contribution < 1.29 is 0 Å². The second kappa shape index (κ2) is 3.31. The molecule has 0 bridgehead atoms. The summed E-state index contributed by atoms with van der Waals surface area (Å²) < 4.78 is 1.80. The number of anilines is 2. The van der Waals surface area contributed by atoms with Gasteiger partial charge >= 0.3 is 0 Å². The molecule has 0 spiro atoms. The first kappa shape index (κ1) is 9.83. The maximum absolute atomic E-state index is 5.89. The molecule has 3 aromatic heterocycles. The monoisotopic (exact) mass is 228 g/mol. The van der Waals surface area contributed by atoms with E-state index >= 15 is 0 Å². The molecule has 6 nitrogen and oxygen atoms in total. The molecule has 0 unspecified atom stereocenters. The Morgan fingerprint density at radius 3 is 2.82 bits per heavy atom. The van der Waals surface area contributed by atoms with E-state index in [1.54, 1.807) is 16.9 Å². The maximum atomic E-state index is 5.89. The molecule has 0 aliphatic heterocycles. The smallest absolute Gasteiger partial charge is 0.166 e. The summed E-state index contributed by atoms with van der Waals surface area (Å²) in [5.74, 6) is 0.977. The zero-order valence-electron chi connectivity index (χ0n) is 9.38. The minimum Gasteiger partial charge on any atom is -0.383 e. The first-order valence-corrected chi connectivity index (χ1v) is 5.37. The lowest BCUT2D eigenvalue weighted by atomic mass is 10.2. The van der Waals surface area contributed by atoms with Crippen molar-refractivity contribution in [3.05, 3.63) is 24.2 Å². The van der Waals surface area contributed by atoms with Crippen LogP contribution in [0.15, 0.2) is 18.6 Å². The van der Waals surface area contributed by atoms with E-state index in [1.807, 2.05) is 13.0 Å². The lowest BCUT2D eigenvalue weighted by Gasteiger charge is -2.07. The van der Waals surface area contributed by atoms with Gasteiger partial charge in [0.15, 0.2) is 5.65 Å². The summed E-state index contributed by atoms with van der Waals surface area (Å²) in [6.45, 7) is 2.03. The Bertz CT molecular complexity index is 715. The third-order valence-corrected chi connectivity index (χ3v) is 2.85. The molecule has 0 aliphatic rings. The van der Waals surface area contributed by atoms with Gasteiger partial charge in [-0.1, -0.05) is 6.92 Å². The number of nitrogens with zero attached hydrogens (tertiary/aromatic N) is 4. The lowest BCUT2D eigenvalue weighted by Crippen LogP contribution is -2.03. The van der Waals surface area contributed by atoms with Crippen molar-refractivity contribution in [2.45, 2.75) is 13.3 Å². The molecule has 3 aromatic rings. The molecular formula is C11H12N6. The van der Waals surface area contributed by atoms with Crippen molar-refractivity contribution in [2.75, 3.05) is 11.5 Å². The molecule has 0 saturated heterocycles. The van der Waals surface area contributed by atoms with E-state index in [9.17, 15) is 0 Å². The average molecular weight is 228 g/mol. The molecule has 0 atom stereocenters. The molecule has 0 amide bonds. The normalized spacial score (nSPS) is 11.4. The van der Waals surface area contributed by atoms with Gasteiger partial charge in [-0.25, -0.2) is 15.0 Å². The summed E-state index contributed by atoms with van der Waals surface area (Å²) >= 11 is 0. The lowest BCUT2D eigenvalue weighted by molar-refractivity contribution is 1.09. The molecule has 4 N–H and O–H groups in total. The largest absolute Gasteiger partial charge is 0.383 e. The molecule has 0 fully saturated rings. The van der Waals surface area contributed by atoms with Crippen LogP contribution in [0.25, 0.3) is 16.7 Å². The van der Waals surface area contributed by atoms with E-state index in [1.165, 1.54) is 0 Å². The molecule has 17 heavy (non-hydrogen) atoms. The molecule has 0 radical (unpaired) electrons. The van der Waals surface area contributed by atoms with Crippen molar-refractivity contribution in [3.63, 3.8) is 0 Å². The minimum absolute atomic E-state index is 0.448. The number of fused-ring (bicyclic) bond motifs is 3. The van der Waals surface area contributed by atoms with Gasteiger partial charge in [-0.05, 0) is 18.1 Å². The molecule has 86 valence electrons. The molecule has 3 heterocycles. The Morgan fingerprint density at radius 1 is 1.24 bits per heavy atom. The van der Waals surface area contributed by atoms with Crippen molar-refractivity contribution in [2.24, 2.45) is 0 Å². The van der Waals surface area contributed by atoms with Crippen molar-refractivity contribution in [1.29, 1.82) is 0 Å². The predicted molar refractivity (Wildman–Crippen MR) is 66.5 cm³/mol. The summed E-state index contributed by atoms with van der Waals surface area (Å²) in [5, 5.41) is 0. The van der Waals surface area contributed by atoms with Gasteiger partial charge in [0.1, 0.15) is 29.0 Å². The number of nitrogens with two attached hydrogens (primary N) is 2. The van der Waals surface area contributed by atoms with Crippen LogP contribution in [-0.2, 0) is 6.42 Å². The highest BCUT2D eigenvalue weighted by atomic mass is 15.1. The molecule has 3 rings (SSSR count). The Hall–Kier alpha value is -2.37. The highest BCUT2D eigenvalue weighted by molar-refractivity contribution is 5.82. The van der Waals surface area contributed by atoms with Gasteiger partial charge in [-0.3, -0.25) is 4.40 Å².